The van der Waals surface area contributed by atoms with E-state index in [4.69, 9.17) is 0 Å². The van der Waals surface area contributed by atoms with E-state index in [1.165, 1.54) is 15.6 Å². The molecule has 1 aliphatic heterocycles. The minimum absolute atomic E-state index is 0.0848. The number of hydrogen-bond donors (Lipinski definition) is 3. The lowest BCUT2D eigenvalue weighted by Gasteiger charge is -2.30. The molecule has 1 aliphatic rings. The third-order valence-corrected chi connectivity index (χ3v) is 9.39. The maximum Gasteiger partial charge on any atom is 0.260 e. The fourth-order valence-corrected chi connectivity index (χ4v) is 7.05. The number of hydrogen-bond acceptors (Lipinski definition) is 8. The number of fused-ring (bicyclic) bond motifs is 1. The van der Waals surface area contributed by atoms with Crippen molar-refractivity contribution in [3.05, 3.63) is 41.8 Å². The zero-order valence-electron chi connectivity index (χ0n) is 17.3. The maximum absolute atomic E-state index is 12.7. The lowest BCUT2D eigenvalue weighted by molar-refractivity contribution is -0.132. The van der Waals surface area contributed by atoms with Gasteiger partial charge in [-0.05, 0) is 43.3 Å². The highest BCUT2D eigenvalue weighted by molar-refractivity contribution is 7.91. The monoisotopic (exact) mass is 493 g/mol. The average Bonchev–Trinajstić information content (AvgIpc) is 3.47. The van der Waals surface area contributed by atoms with Crippen LogP contribution in [-0.4, -0.2) is 48.7 Å². The van der Waals surface area contributed by atoms with E-state index < -0.39 is 33.8 Å². The lowest BCUT2D eigenvalue weighted by atomic mass is 9.99. The Kier molecular flexibility index (Phi) is 6.74. The first kappa shape index (κ1) is 22.6. The molecule has 2 atom stereocenters. The molecular formula is C20H23N5O4S3. The van der Waals surface area contributed by atoms with Gasteiger partial charge in [-0.3, -0.25) is 20.4 Å². The second-order valence-corrected chi connectivity index (χ2v) is 11.6. The molecule has 3 heterocycles. The molecule has 0 saturated carbocycles. The van der Waals surface area contributed by atoms with E-state index in [0.29, 0.717) is 24.5 Å². The first-order valence-electron chi connectivity index (χ1n) is 10.1. The van der Waals surface area contributed by atoms with Crippen molar-refractivity contribution in [1.29, 1.82) is 0 Å². The summed E-state index contributed by atoms with van der Waals surface area (Å²) < 4.78 is 28.1. The van der Waals surface area contributed by atoms with Gasteiger partial charge in [-0.15, -0.1) is 11.3 Å². The summed E-state index contributed by atoms with van der Waals surface area (Å²) in [5, 5.41) is 5.36. The summed E-state index contributed by atoms with van der Waals surface area (Å²) in [6.45, 7) is 2.13. The van der Waals surface area contributed by atoms with Crippen molar-refractivity contribution in [3.8, 4) is 0 Å². The number of nitrogens with zero attached hydrogens (tertiary/aromatic N) is 2. The van der Waals surface area contributed by atoms with E-state index in [0.717, 1.165) is 21.6 Å². The highest BCUT2D eigenvalue weighted by atomic mass is 32.2. The number of sulfonamides is 1. The Morgan fingerprint density at radius 3 is 2.75 bits per heavy atom. The van der Waals surface area contributed by atoms with Gasteiger partial charge in [0.05, 0.1) is 16.1 Å². The first-order valence-corrected chi connectivity index (χ1v) is 13.2. The molecule has 2 aromatic heterocycles. The molecule has 0 spiro atoms. The SMILES string of the molecule is C[C@H](Nc1nc2ccccc2s1)C(=O)NNC(=O)[C@@H]1CCCN(S(=O)(=O)c2cccs2)C1. The van der Waals surface area contributed by atoms with Crippen molar-refractivity contribution in [2.24, 2.45) is 5.92 Å². The fourth-order valence-electron chi connectivity index (χ4n) is 3.43. The van der Waals surface area contributed by atoms with Crippen LogP contribution in [0, 0.1) is 5.92 Å². The molecule has 1 saturated heterocycles. The number of amides is 2. The summed E-state index contributed by atoms with van der Waals surface area (Å²) in [5.41, 5.74) is 5.71. The quantitative estimate of drug-likeness (QED) is 0.454. The highest BCUT2D eigenvalue weighted by Gasteiger charge is 2.34. The van der Waals surface area contributed by atoms with Gasteiger partial charge in [0, 0.05) is 13.1 Å². The Balaban J connectivity index is 1.30. The predicted molar refractivity (Wildman–Crippen MR) is 125 cm³/mol. The van der Waals surface area contributed by atoms with Gasteiger partial charge in [0.2, 0.25) is 5.91 Å². The third-order valence-electron chi connectivity index (χ3n) is 5.18. The molecule has 1 aromatic carbocycles. The minimum Gasteiger partial charge on any atom is -0.350 e. The number of aromatic nitrogens is 1. The smallest absolute Gasteiger partial charge is 0.260 e. The van der Waals surface area contributed by atoms with Gasteiger partial charge in [0.15, 0.2) is 5.13 Å². The molecule has 0 unspecified atom stereocenters. The van der Waals surface area contributed by atoms with Crippen LogP contribution in [0.3, 0.4) is 0 Å². The number of carbonyl (C=O) groups excluding carboxylic acids is 2. The molecule has 0 aliphatic carbocycles. The lowest BCUT2D eigenvalue weighted by Crippen LogP contribution is -2.52. The fraction of sp³-hybridized carbons (Fsp3) is 0.350. The van der Waals surface area contributed by atoms with Crippen molar-refractivity contribution < 1.29 is 18.0 Å². The molecule has 0 bridgehead atoms. The second kappa shape index (κ2) is 9.53. The van der Waals surface area contributed by atoms with Gasteiger partial charge in [-0.1, -0.05) is 29.5 Å². The second-order valence-electron chi connectivity index (χ2n) is 7.47. The van der Waals surface area contributed by atoms with E-state index in [1.54, 1.807) is 24.4 Å². The zero-order chi connectivity index (χ0) is 22.7. The largest absolute Gasteiger partial charge is 0.350 e. The summed E-state index contributed by atoms with van der Waals surface area (Å²) in [4.78, 5) is 29.4. The van der Waals surface area contributed by atoms with Gasteiger partial charge in [-0.2, -0.15) is 4.31 Å². The molecule has 3 aromatic rings. The zero-order valence-corrected chi connectivity index (χ0v) is 19.7. The predicted octanol–water partition coefficient (Wildman–Crippen LogP) is 2.41. The van der Waals surface area contributed by atoms with Crippen LogP contribution < -0.4 is 16.2 Å². The molecule has 3 N–H and O–H groups in total. The van der Waals surface area contributed by atoms with Crippen LogP contribution in [0.2, 0.25) is 0 Å². The van der Waals surface area contributed by atoms with E-state index in [9.17, 15) is 18.0 Å². The van der Waals surface area contributed by atoms with Crippen LogP contribution in [0.25, 0.3) is 10.2 Å². The summed E-state index contributed by atoms with van der Waals surface area (Å²) in [6.07, 6.45) is 1.13. The minimum atomic E-state index is -3.61. The Morgan fingerprint density at radius 2 is 2.00 bits per heavy atom. The standard InChI is InChI=1S/C20H23N5O4S3/c1-13(21-20-22-15-7-2-3-8-16(15)31-20)18(26)23-24-19(27)14-6-4-10-25(12-14)32(28,29)17-9-5-11-30-17/h2-3,5,7-9,11,13-14H,4,6,10,12H2,1H3,(H,21,22)(H,23,26)(H,24,27)/t13-,14+/m0/s1. The maximum atomic E-state index is 12.7. The van der Waals surface area contributed by atoms with E-state index >= 15 is 0 Å². The summed E-state index contributed by atoms with van der Waals surface area (Å²) in [5.74, 6) is -1.36. The Morgan fingerprint density at radius 1 is 1.19 bits per heavy atom. The number of benzene rings is 1. The molecule has 2 amide bonds. The van der Waals surface area contributed by atoms with Crippen LogP contribution >= 0.6 is 22.7 Å². The third kappa shape index (κ3) is 4.93. The molecular weight excluding hydrogens is 470 g/mol. The topological polar surface area (TPSA) is 120 Å². The number of anilines is 1. The molecule has 170 valence electrons. The van der Waals surface area contributed by atoms with Crippen LogP contribution in [-0.2, 0) is 19.6 Å². The van der Waals surface area contributed by atoms with Crippen LogP contribution in [0.15, 0.2) is 46.0 Å². The molecule has 32 heavy (non-hydrogen) atoms. The Labute approximate surface area is 193 Å². The van der Waals surface area contributed by atoms with Crippen molar-refractivity contribution in [3.63, 3.8) is 0 Å². The summed E-state index contributed by atoms with van der Waals surface area (Å²) >= 11 is 2.59. The van der Waals surface area contributed by atoms with Gasteiger partial charge in [0.1, 0.15) is 10.3 Å². The number of para-hydroxylation sites is 1. The van der Waals surface area contributed by atoms with Crippen LogP contribution in [0.5, 0.6) is 0 Å². The first-order chi connectivity index (χ1) is 15.3. The van der Waals surface area contributed by atoms with Crippen molar-refractivity contribution in [1.82, 2.24) is 20.1 Å². The molecule has 0 radical (unpaired) electrons. The van der Waals surface area contributed by atoms with Crippen molar-refractivity contribution in [2.45, 2.75) is 30.0 Å². The van der Waals surface area contributed by atoms with Gasteiger partial charge >= 0.3 is 0 Å². The summed E-state index contributed by atoms with van der Waals surface area (Å²) in [7, 11) is -3.61. The molecule has 9 nitrogen and oxygen atoms in total. The van der Waals surface area contributed by atoms with E-state index in [2.05, 4.69) is 21.2 Å². The molecule has 4 rings (SSSR count). The van der Waals surface area contributed by atoms with E-state index in [1.807, 2.05) is 24.3 Å². The van der Waals surface area contributed by atoms with E-state index in [-0.39, 0.29) is 10.8 Å². The van der Waals surface area contributed by atoms with Crippen molar-refractivity contribution in [2.75, 3.05) is 18.4 Å². The Hall–Kier alpha value is -2.54. The number of rotatable bonds is 6. The number of thiophene rings is 1. The number of nitrogens with one attached hydrogen (secondary N) is 3. The van der Waals surface area contributed by atoms with Crippen LogP contribution in [0.4, 0.5) is 5.13 Å². The molecule has 12 heteroatoms. The van der Waals surface area contributed by atoms with Crippen molar-refractivity contribution >= 4 is 59.9 Å². The van der Waals surface area contributed by atoms with Crippen LogP contribution in [0.1, 0.15) is 19.8 Å². The number of thiazole rings is 1. The number of piperidine rings is 1. The average molecular weight is 494 g/mol. The Bertz CT molecular complexity index is 1180. The highest BCUT2D eigenvalue weighted by Crippen LogP contribution is 2.27. The number of carbonyl (C=O) groups is 2. The molecule has 1 fully saturated rings. The van der Waals surface area contributed by atoms with Gasteiger partial charge in [0.25, 0.3) is 15.9 Å². The van der Waals surface area contributed by atoms with Gasteiger partial charge < -0.3 is 5.32 Å². The normalized spacial score (nSPS) is 18.2. The summed E-state index contributed by atoms with van der Waals surface area (Å²) in [6, 6.07) is 10.3. The number of hydrazine groups is 1. The van der Waals surface area contributed by atoms with Gasteiger partial charge in [-0.25, -0.2) is 13.4 Å².